The van der Waals surface area contributed by atoms with Gasteiger partial charge in [-0.25, -0.2) is 0 Å². The second-order valence-corrected chi connectivity index (χ2v) is 6.31. The van der Waals surface area contributed by atoms with Crippen molar-refractivity contribution in [3.05, 3.63) is 42.1 Å². The normalized spacial score (nSPS) is 18.0. The minimum absolute atomic E-state index is 0.715. The minimum atomic E-state index is 0.715. The smallest absolute Gasteiger partial charge is 0.247 e. The summed E-state index contributed by atoms with van der Waals surface area (Å²) in [6, 6.07) is 10.4. The molecule has 2 aromatic rings. The van der Waals surface area contributed by atoms with Gasteiger partial charge < -0.3 is 9.80 Å². The van der Waals surface area contributed by atoms with Crippen molar-refractivity contribution in [1.29, 1.82) is 0 Å². The Morgan fingerprint density at radius 3 is 2.83 bits per heavy atom. The van der Waals surface area contributed by atoms with Gasteiger partial charge in [-0.1, -0.05) is 37.3 Å². The monoisotopic (exact) mass is 311 g/mol. The topological polar surface area (TPSA) is 45.2 Å². The van der Waals surface area contributed by atoms with Crippen LogP contribution in [0.15, 0.2) is 36.5 Å². The van der Waals surface area contributed by atoms with Gasteiger partial charge in [0.15, 0.2) is 5.82 Å². The molecule has 0 bridgehead atoms. The lowest BCUT2D eigenvalue weighted by Gasteiger charge is -2.32. The molecule has 1 aliphatic rings. The van der Waals surface area contributed by atoms with Crippen molar-refractivity contribution < 1.29 is 0 Å². The van der Waals surface area contributed by atoms with E-state index in [0.717, 1.165) is 32.0 Å². The molecule has 1 unspecified atom stereocenters. The Kier molecular flexibility index (Phi) is 5.05. The van der Waals surface area contributed by atoms with Crippen molar-refractivity contribution in [3.8, 4) is 0 Å². The lowest BCUT2D eigenvalue weighted by molar-refractivity contribution is 0.444. The van der Waals surface area contributed by atoms with E-state index in [1.165, 1.54) is 18.4 Å². The molecular formula is C18H25N5. The van der Waals surface area contributed by atoms with E-state index in [1.807, 2.05) is 6.07 Å². The molecule has 1 fully saturated rings. The van der Waals surface area contributed by atoms with E-state index in [9.17, 15) is 0 Å². The van der Waals surface area contributed by atoms with Crippen LogP contribution in [0.3, 0.4) is 0 Å². The van der Waals surface area contributed by atoms with Crippen LogP contribution < -0.4 is 9.80 Å². The first-order valence-electron chi connectivity index (χ1n) is 8.50. The van der Waals surface area contributed by atoms with E-state index >= 15 is 0 Å². The van der Waals surface area contributed by atoms with Gasteiger partial charge in [0.2, 0.25) is 5.95 Å². The molecule has 3 rings (SSSR count). The van der Waals surface area contributed by atoms with E-state index in [4.69, 9.17) is 4.98 Å². The highest BCUT2D eigenvalue weighted by Gasteiger charge is 2.19. The predicted octanol–water partition coefficient (Wildman–Crippen LogP) is 3.13. The summed E-state index contributed by atoms with van der Waals surface area (Å²) in [4.78, 5) is 9.28. The number of piperidine rings is 1. The van der Waals surface area contributed by atoms with E-state index in [1.54, 1.807) is 6.20 Å². The number of aromatic nitrogens is 3. The van der Waals surface area contributed by atoms with Gasteiger partial charge in [-0.05, 0) is 31.2 Å². The highest BCUT2D eigenvalue weighted by molar-refractivity contribution is 5.42. The number of anilines is 2. The van der Waals surface area contributed by atoms with Crippen molar-refractivity contribution in [2.45, 2.75) is 33.2 Å². The van der Waals surface area contributed by atoms with Gasteiger partial charge in [-0.15, -0.1) is 5.10 Å². The summed E-state index contributed by atoms with van der Waals surface area (Å²) in [6.07, 6.45) is 4.32. The summed E-state index contributed by atoms with van der Waals surface area (Å²) in [5, 5.41) is 8.46. The van der Waals surface area contributed by atoms with E-state index in [2.05, 4.69) is 58.1 Å². The Hall–Kier alpha value is -2.17. The van der Waals surface area contributed by atoms with Crippen LogP contribution in [0.1, 0.15) is 32.3 Å². The molecule has 1 aromatic heterocycles. The fraction of sp³-hybridized carbons (Fsp3) is 0.500. The molecule has 0 radical (unpaired) electrons. The molecule has 0 amide bonds. The molecular weight excluding hydrogens is 286 g/mol. The standard InChI is InChI=1S/C18H25N5/c1-3-22(14-16-9-5-4-6-10-16)18-20-17(12-19-21-18)23-11-7-8-15(2)13-23/h4-6,9-10,12,15H,3,7-8,11,13-14H2,1-2H3. The van der Waals surface area contributed by atoms with Crippen LogP contribution in [-0.2, 0) is 6.54 Å². The van der Waals surface area contributed by atoms with Crippen LogP contribution in [0.4, 0.5) is 11.8 Å². The first-order chi connectivity index (χ1) is 11.3. The molecule has 0 aliphatic carbocycles. The quantitative estimate of drug-likeness (QED) is 0.849. The van der Waals surface area contributed by atoms with Gasteiger partial charge in [-0.2, -0.15) is 10.1 Å². The van der Waals surface area contributed by atoms with Gasteiger partial charge in [0, 0.05) is 26.2 Å². The summed E-state index contributed by atoms with van der Waals surface area (Å²) in [6.45, 7) is 8.21. The third kappa shape index (κ3) is 3.97. The molecule has 122 valence electrons. The van der Waals surface area contributed by atoms with Crippen LogP contribution >= 0.6 is 0 Å². The van der Waals surface area contributed by atoms with E-state index in [0.29, 0.717) is 11.9 Å². The molecule has 5 heteroatoms. The Morgan fingerprint density at radius 2 is 2.09 bits per heavy atom. The number of benzene rings is 1. The van der Waals surface area contributed by atoms with E-state index in [-0.39, 0.29) is 0 Å². The van der Waals surface area contributed by atoms with Crippen molar-refractivity contribution in [2.75, 3.05) is 29.4 Å². The average molecular weight is 311 g/mol. The first kappa shape index (κ1) is 15.7. The average Bonchev–Trinajstić information content (AvgIpc) is 2.61. The van der Waals surface area contributed by atoms with Crippen molar-refractivity contribution in [1.82, 2.24) is 15.2 Å². The first-order valence-corrected chi connectivity index (χ1v) is 8.50. The molecule has 1 atom stereocenters. The van der Waals surface area contributed by atoms with Crippen LogP contribution in [0.5, 0.6) is 0 Å². The molecule has 0 spiro atoms. The van der Waals surface area contributed by atoms with Crippen LogP contribution in [0.25, 0.3) is 0 Å². The van der Waals surface area contributed by atoms with Crippen molar-refractivity contribution >= 4 is 11.8 Å². The summed E-state index contributed by atoms with van der Waals surface area (Å²) < 4.78 is 0. The Morgan fingerprint density at radius 1 is 1.26 bits per heavy atom. The molecule has 5 nitrogen and oxygen atoms in total. The number of nitrogens with zero attached hydrogens (tertiary/aromatic N) is 5. The molecule has 0 N–H and O–H groups in total. The molecule has 1 saturated heterocycles. The SMILES string of the molecule is CCN(Cc1ccccc1)c1nncc(N2CCCC(C)C2)n1. The van der Waals surface area contributed by atoms with Gasteiger partial charge in [0.05, 0.1) is 6.20 Å². The van der Waals surface area contributed by atoms with Crippen LogP contribution in [0.2, 0.25) is 0 Å². The Bertz CT molecular complexity index is 616. The predicted molar refractivity (Wildman–Crippen MR) is 93.6 cm³/mol. The molecule has 0 saturated carbocycles. The molecule has 1 aromatic carbocycles. The van der Waals surface area contributed by atoms with Crippen LogP contribution in [-0.4, -0.2) is 34.8 Å². The fourth-order valence-electron chi connectivity index (χ4n) is 3.10. The van der Waals surface area contributed by atoms with Crippen LogP contribution in [0, 0.1) is 5.92 Å². The largest absolute Gasteiger partial charge is 0.355 e. The lowest BCUT2D eigenvalue weighted by Crippen LogP contribution is -2.35. The highest BCUT2D eigenvalue weighted by Crippen LogP contribution is 2.22. The van der Waals surface area contributed by atoms with Gasteiger partial charge in [-0.3, -0.25) is 0 Å². The zero-order valence-corrected chi connectivity index (χ0v) is 14.0. The molecule has 23 heavy (non-hydrogen) atoms. The second kappa shape index (κ2) is 7.40. The van der Waals surface area contributed by atoms with Gasteiger partial charge in [0.25, 0.3) is 0 Å². The van der Waals surface area contributed by atoms with E-state index < -0.39 is 0 Å². The van der Waals surface area contributed by atoms with Gasteiger partial charge >= 0.3 is 0 Å². The zero-order valence-electron chi connectivity index (χ0n) is 14.0. The maximum Gasteiger partial charge on any atom is 0.247 e. The Balaban J connectivity index is 1.77. The second-order valence-electron chi connectivity index (χ2n) is 6.31. The number of rotatable bonds is 5. The third-order valence-electron chi connectivity index (χ3n) is 4.40. The highest BCUT2D eigenvalue weighted by atomic mass is 15.3. The minimum Gasteiger partial charge on any atom is -0.355 e. The lowest BCUT2D eigenvalue weighted by atomic mass is 10.0. The third-order valence-corrected chi connectivity index (χ3v) is 4.40. The van der Waals surface area contributed by atoms with Crippen molar-refractivity contribution in [3.63, 3.8) is 0 Å². The maximum absolute atomic E-state index is 4.78. The van der Waals surface area contributed by atoms with Crippen molar-refractivity contribution in [2.24, 2.45) is 5.92 Å². The summed E-state index contributed by atoms with van der Waals surface area (Å²) in [5.41, 5.74) is 1.26. The zero-order chi connectivity index (χ0) is 16.1. The van der Waals surface area contributed by atoms with Gasteiger partial charge in [0.1, 0.15) is 0 Å². The summed E-state index contributed by atoms with van der Waals surface area (Å²) in [7, 11) is 0. The Labute approximate surface area is 138 Å². The summed E-state index contributed by atoms with van der Waals surface area (Å²) >= 11 is 0. The summed E-state index contributed by atoms with van der Waals surface area (Å²) in [5.74, 6) is 2.38. The molecule has 1 aliphatic heterocycles. The maximum atomic E-state index is 4.78. The fourth-order valence-corrected chi connectivity index (χ4v) is 3.10. The number of hydrogen-bond acceptors (Lipinski definition) is 5. The number of hydrogen-bond donors (Lipinski definition) is 0. The molecule has 2 heterocycles.